The van der Waals surface area contributed by atoms with Crippen LogP contribution in [0, 0.1) is 39.0 Å². The van der Waals surface area contributed by atoms with Crippen molar-refractivity contribution in [3.8, 4) is 11.8 Å². The highest BCUT2D eigenvalue weighted by atomic mass is 16.1. The van der Waals surface area contributed by atoms with Crippen molar-refractivity contribution in [1.29, 1.82) is 5.26 Å². The number of benzene rings is 1. The second-order valence-corrected chi connectivity index (χ2v) is 4.84. The van der Waals surface area contributed by atoms with Gasteiger partial charge < -0.3 is 0 Å². The van der Waals surface area contributed by atoms with Gasteiger partial charge in [0.1, 0.15) is 11.6 Å². The van der Waals surface area contributed by atoms with Crippen LogP contribution in [0.5, 0.6) is 0 Å². The maximum atomic E-state index is 12.4. The van der Waals surface area contributed by atoms with Crippen molar-refractivity contribution >= 4 is 0 Å². The molecule has 0 amide bonds. The summed E-state index contributed by atoms with van der Waals surface area (Å²) in [5, 5.41) is 9.17. The fraction of sp³-hybridized carbons (Fsp3) is 0.250. The van der Waals surface area contributed by atoms with Gasteiger partial charge in [-0.2, -0.15) is 5.26 Å². The Balaban J connectivity index is 2.90. The van der Waals surface area contributed by atoms with Crippen molar-refractivity contribution in [3.63, 3.8) is 0 Å². The van der Waals surface area contributed by atoms with Crippen molar-refractivity contribution < 1.29 is 0 Å². The fourth-order valence-electron chi connectivity index (χ4n) is 2.31. The first-order chi connectivity index (χ1) is 8.97. The molecule has 1 aromatic carbocycles. The molecule has 0 saturated heterocycles. The predicted octanol–water partition coefficient (Wildman–Crippen LogP) is 2.94. The smallest absolute Gasteiger partial charge is 0.273 e. The number of hydrogen-bond donors (Lipinski definition) is 0. The number of pyridine rings is 1. The van der Waals surface area contributed by atoms with Gasteiger partial charge in [-0.25, -0.2) is 0 Å². The second-order valence-electron chi connectivity index (χ2n) is 4.84. The molecule has 0 unspecified atom stereocenters. The van der Waals surface area contributed by atoms with Gasteiger partial charge in [0.05, 0.1) is 5.69 Å². The zero-order valence-corrected chi connectivity index (χ0v) is 11.6. The van der Waals surface area contributed by atoms with Gasteiger partial charge in [0, 0.05) is 6.20 Å². The van der Waals surface area contributed by atoms with Crippen molar-refractivity contribution in [1.82, 2.24) is 4.57 Å². The molecule has 0 fully saturated rings. The summed E-state index contributed by atoms with van der Waals surface area (Å²) in [7, 11) is 0. The third-order valence-electron chi connectivity index (χ3n) is 3.51. The topological polar surface area (TPSA) is 45.8 Å². The Labute approximate surface area is 112 Å². The fourth-order valence-corrected chi connectivity index (χ4v) is 2.31. The highest BCUT2D eigenvalue weighted by Gasteiger charge is 2.13. The molecule has 0 saturated carbocycles. The van der Waals surface area contributed by atoms with Gasteiger partial charge in [-0.3, -0.25) is 9.36 Å². The molecule has 0 spiro atoms. The lowest BCUT2D eigenvalue weighted by molar-refractivity contribution is 0.936. The molecule has 2 rings (SSSR count). The van der Waals surface area contributed by atoms with Crippen LogP contribution in [-0.2, 0) is 0 Å². The summed E-state index contributed by atoms with van der Waals surface area (Å²) in [4.78, 5) is 12.4. The normalized spacial score (nSPS) is 10.3. The molecule has 1 aromatic heterocycles. The molecule has 3 nitrogen and oxygen atoms in total. The Morgan fingerprint density at radius 2 is 1.63 bits per heavy atom. The number of aromatic nitrogens is 1. The van der Waals surface area contributed by atoms with Crippen LogP contribution in [0.25, 0.3) is 5.69 Å². The average Bonchev–Trinajstić information content (AvgIpc) is 2.36. The molecule has 0 aliphatic heterocycles. The van der Waals surface area contributed by atoms with Crippen molar-refractivity contribution in [3.05, 3.63) is 62.6 Å². The Hall–Kier alpha value is -2.34. The summed E-state index contributed by atoms with van der Waals surface area (Å²) >= 11 is 0. The number of rotatable bonds is 1. The van der Waals surface area contributed by atoms with Crippen LogP contribution in [0.3, 0.4) is 0 Å². The van der Waals surface area contributed by atoms with E-state index in [-0.39, 0.29) is 11.1 Å². The summed E-state index contributed by atoms with van der Waals surface area (Å²) in [5.74, 6) is 0. The van der Waals surface area contributed by atoms with Gasteiger partial charge in [0.25, 0.3) is 5.56 Å². The third-order valence-corrected chi connectivity index (χ3v) is 3.51. The van der Waals surface area contributed by atoms with Gasteiger partial charge in [-0.15, -0.1) is 0 Å². The first-order valence-corrected chi connectivity index (χ1v) is 6.17. The summed E-state index contributed by atoms with van der Waals surface area (Å²) in [6.07, 6.45) is 1.81. The minimum Gasteiger partial charge on any atom is -0.282 e. The van der Waals surface area contributed by atoms with E-state index in [1.54, 1.807) is 4.57 Å². The highest BCUT2D eigenvalue weighted by Crippen LogP contribution is 2.19. The molecule has 0 radical (unpaired) electrons. The number of nitrogens with zero attached hydrogens (tertiary/aromatic N) is 2. The molecule has 3 heteroatoms. The lowest BCUT2D eigenvalue weighted by Gasteiger charge is -2.15. The minimum absolute atomic E-state index is 0.225. The van der Waals surface area contributed by atoms with E-state index < -0.39 is 0 Å². The number of hydrogen-bond acceptors (Lipinski definition) is 2. The first-order valence-electron chi connectivity index (χ1n) is 6.17. The standard InChI is InChI=1S/C16H16N2O/c1-10-6-5-7-11(2)15(10)18-9-12(3)13(4)14(8-17)16(18)19/h5-7,9H,1-4H3. The van der Waals surface area contributed by atoms with Gasteiger partial charge in [0.2, 0.25) is 0 Å². The molecule has 0 aliphatic rings. The molecule has 1 heterocycles. The maximum Gasteiger partial charge on any atom is 0.273 e. The van der Waals surface area contributed by atoms with Crippen LogP contribution < -0.4 is 5.56 Å². The monoisotopic (exact) mass is 252 g/mol. The molecule has 0 N–H and O–H groups in total. The van der Waals surface area contributed by atoms with Crippen LogP contribution in [0.2, 0.25) is 0 Å². The van der Waals surface area contributed by atoms with Gasteiger partial charge in [-0.1, -0.05) is 18.2 Å². The Kier molecular flexibility index (Phi) is 3.26. The molecular formula is C16H16N2O. The lowest BCUT2D eigenvalue weighted by atomic mass is 10.1. The zero-order chi connectivity index (χ0) is 14.2. The van der Waals surface area contributed by atoms with Crippen LogP contribution in [0.4, 0.5) is 0 Å². The quantitative estimate of drug-likeness (QED) is 0.783. The van der Waals surface area contributed by atoms with Gasteiger partial charge in [0.15, 0.2) is 0 Å². The molecule has 0 bridgehead atoms. The number of nitriles is 1. The average molecular weight is 252 g/mol. The second kappa shape index (κ2) is 4.74. The van der Waals surface area contributed by atoms with E-state index in [2.05, 4.69) is 0 Å². The van der Waals surface area contributed by atoms with E-state index in [1.807, 2.05) is 58.2 Å². The predicted molar refractivity (Wildman–Crippen MR) is 75.7 cm³/mol. The van der Waals surface area contributed by atoms with Crippen LogP contribution >= 0.6 is 0 Å². The summed E-state index contributed by atoms with van der Waals surface area (Å²) in [6, 6.07) is 7.92. The van der Waals surface area contributed by atoms with E-state index in [0.29, 0.717) is 0 Å². The van der Waals surface area contributed by atoms with Gasteiger partial charge in [-0.05, 0) is 49.9 Å². The van der Waals surface area contributed by atoms with Crippen molar-refractivity contribution in [2.75, 3.05) is 0 Å². The lowest BCUT2D eigenvalue weighted by Crippen LogP contribution is -2.24. The summed E-state index contributed by atoms with van der Waals surface area (Å²) in [6.45, 7) is 7.66. The van der Waals surface area contributed by atoms with E-state index >= 15 is 0 Å². The van der Waals surface area contributed by atoms with E-state index in [9.17, 15) is 10.1 Å². The Bertz CT molecular complexity index is 728. The van der Waals surface area contributed by atoms with E-state index in [4.69, 9.17) is 0 Å². The Morgan fingerprint density at radius 1 is 1.05 bits per heavy atom. The largest absolute Gasteiger partial charge is 0.282 e. The number of para-hydroxylation sites is 1. The van der Waals surface area contributed by atoms with Crippen LogP contribution in [-0.4, -0.2) is 4.57 Å². The molecule has 2 aromatic rings. The van der Waals surface area contributed by atoms with Crippen LogP contribution in [0.1, 0.15) is 27.8 Å². The van der Waals surface area contributed by atoms with Crippen LogP contribution in [0.15, 0.2) is 29.2 Å². The first kappa shape index (κ1) is 13.1. The van der Waals surface area contributed by atoms with Gasteiger partial charge >= 0.3 is 0 Å². The summed E-state index contributed by atoms with van der Waals surface area (Å²) in [5.41, 5.74) is 4.59. The zero-order valence-electron chi connectivity index (χ0n) is 11.6. The van der Waals surface area contributed by atoms with E-state index in [0.717, 1.165) is 27.9 Å². The summed E-state index contributed by atoms with van der Waals surface area (Å²) < 4.78 is 1.59. The van der Waals surface area contributed by atoms with Crippen molar-refractivity contribution in [2.45, 2.75) is 27.7 Å². The highest BCUT2D eigenvalue weighted by molar-refractivity contribution is 5.50. The Morgan fingerprint density at radius 3 is 2.16 bits per heavy atom. The van der Waals surface area contributed by atoms with Crippen molar-refractivity contribution in [2.24, 2.45) is 0 Å². The molecule has 0 atom stereocenters. The molecule has 96 valence electrons. The third kappa shape index (κ3) is 2.06. The number of aryl methyl sites for hydroxylation is 3. The molecule has 0 aliphatic carbocycles. The van der Waals surface area contributed by atoms with E-state index in [1.165, 1.54) is 0 Å². The maximum absolute atomic E-state index is 12.4. The molecular weight excluding hydrogens is 236 g/mol. The SMILES string of the molecule is Cc1cn(-c2c(C)cccc2C)c(=O)c(C#N)c1C. The molecule has 19 heavy (non-hydrogen) atoms. The minimum atomic E-state index is -0.247.